The van der Waals surface area contributed by atoms with Gasteiger partial charge in [0.05, 0.1) is 12.0 Å². The van der Waals surface area contributed by atoms with Gasteiger partial charge in [-0.3, -0.25) is 0 Å². The summed E-state index contributed by atoms with van der Waals surface area (Å²) < 4.78 is 20.1. The number of hydrogen-bond donors (Lipinski definition) is 1. The lowest BCUT2D eigenvalue weighted by Crippen LogP contribution is -2.04. The lowest BCUT2D eigenvalue weighted by Gasteiger charge is -2.07. The summed E-state index contributed by atoms with van der Waals surface area (Å²) in [6.07, 6.45) is 0. The summed E-state index contributed by atoms with van der Waals surface area (Å²) in [4.78, 5) is 0.769. The average Bonchev–Trinajstić information content (AvgIpc) is 2.39. The predicted molar refractivity (Wildman–Crippen MR) is 74.2 cm³/mol. The minimum atomic E-state index is -1.24. The van der Waals surface area contributed by atoms with Crippen molar-refractivity contribution in [3.63, 3.8) is 0 Å². The maximum absolute atomic E-state index is 12.1. The molecule has 3 nitrogen and oxygen atoms in total. The highest BCUT2D eigenvalue weighted by Crippen LogP contribution is 2.17. The first-order valence-corrected chi connectivity index (χ1v) is 6.73. The quantitative estimate of drug-likeness (QED) is 0.918. The Bertz CT molecular complexity index is 552. The van der Waals surface area contributed by atoms with Crippen molar-refractivity contribution in [3.8, 4) is 5.75 Å². The molecule has 0 spiro atoms. The minimum Gasteiger partial charge on any atom is -0.497 e. The molecule has 0 saturated heterocycles. The first-order chi connectivity index (χ1) is 8.69. The Morgan fingerprint density at radius 3 is 2.44 bits per heavy atom. The third kappa shape index (κ3) is 3.11. The summed E-state index contributed by atoms with van der Waals surface area (Å²) in [5.41, 5.74) is 1.90. The third-order valence-corrected chi connectivity index (χ3v) is 3.61. The number of aryl methyl sites for hydroxylation is 1. The van der Waals surface area contributed by atoms with Crippen LogP contribution in [0.15, 0.2) is 53.4 Å². The van der Waals surface area contributed by atoms with Gasteiger partial charge >= 0.3 is 0 Å². The van der Waals surface area contributed by atoms with Gasteiger partial charge in [-0.15, -0.1) is 0 Å². The summed E-state index contributed by atoms with van der Waals surface area (Å²) in [5.74, 6) is 0.780. The van der Waals surface area contributed by atoms with Gasteiger partial charge in [0.25, 0.3) is 0 Å². The first kappa shape index (κ1) is 12.6. The van der Waals surface area contributed by atoms with E-state index in [1.165, 1.54) is 0 Å². The van der Waals surface area contributed by atoms with E-state index in [0.29, 0.717) is 0 Å². The highest BCUT2D eigenvalue weighted by Gasteiger charge is 2.04. The molecule has 18 heavy (non-hydrogen) atoms. The van der Waals surface area contributed by atoms with Crippen LogP contribution in [0.5, 0.6) is 5.75 Å². The summed E-state index contributed by atoms with van der Waals surface area (Å²) >= 11 is 0. The fourth-order valence-electron chi connectivity index (χ4n) is 1.56. The van der Waals surface area contributed by atoms with Gasteiger partial charge in [-0.1, -0.05) is 12.1 Å². The SMILES string of the molecule is COc1ccc(NS(=O)c2cccc(C)c2)cc1. The van der Waals surface area contributed by atoms with E-state index < -0.39 is 11.0 Å². The van der Waals surface area contributed by atoms with E-state index in [0.717, 1.165) is 21.9 Å². The van der Waals surface area contributed by atoms with Crippen molar-refractivity contribution >= 4 is 16.7 Å². The van der Waals surface area contributed by atoms with E-state index in [9.17, 15) is 4.21 Å². The third-order valence-electron chi connectivity index (χ3n) is 2.50. The predicted octanol–water partition coefficient (Wildman–Crippen LogP) is 3.14. The maximum atomic E-state index is 12.1. The molecule has 2 aromatic rings. The molecule has 0 saturated carbocycles. The molecule has 0 amide bonds. The molecule has 0 aromatic heterocycles. The fraction of sp³-hybridized carbons (Fsp3) is 0.143. The molecule has 1 unspecified atom stereocenters. The van der Waals surface area contributed by atoms with Crippen molar-refractivity contribution in [2.45, 2.75) is 11.8 Å². The second-order valence-electron chi connectivity index (χ2n) is 3.92. The van der Waals surface area contributed by atoms with Crippen LogP contribution in [0.2, 0.25) is 0 Å². The van der Waals surface area contributed by atoms with Gasteiger partial charge in [-0.25, -0.2) is 4.21 Å². The normalized spacial score (nSPS) is 11.9. The Morgan fingerprint density at radius 1 is 1.11 bits per heavy atom. The number of anilines is 1. The highest BCUT2D eigenvalue weighted by molar-refractivity contribution is 7.86. The Morgan fingerprint density at radius 2 is 1.83 bits per heavy atom. The molecule has 1 N–H and O–H groups in total. The molecule has 0 fully saturated rings. The van der Waals surface area contributed by atoms with E-state index in [1.54, 1.807) is 7.11 Å². The van der Waals surface area contributed by atoms with E-state index in [4.69, 9.17) is 4.74 Å². The topological polar surface area (TPSA) is 38.3 Å². The van der Waals surface area contributed by atoms with E-state index >= 15 is 0 Å². The first-order valence-electron chi connectivity index (χ1n) is 5.58. The van der Waals surface area contributed by atoms with Gasteiger partial charge in [0.15, 0.2) is 0 Å². The van der Waals surface area contributed by atoms with Gasteiger partial charge in [-0.05, 0) is 48.9 Å². The molecule has 2 aromatic carbocycles. The number of ether oxygens (including phenoxy) is 1. The Kier molecular flexibility index (Phi) is 3.99. The van der Waals surface area contributed by atoms with Crippen LogP contribution >= 0.6 is 0 Å². The molecule has 0 aliphatic heterocycles. The van der Waals surface area contributed by atoms with Crippen molar-refractivity contribution in [1.82, 2.24) is 0 Å². The van der Waals surface area contributed by atoms with Gasteiger partial charge in [0, 0.05) is 5.69 Å². The molecule has 0 aliphatic rings. The van der Waals surface area contributed by atoms with E-state index in [-0.39, 0.29) is 0 Å². The summed E-state index contributed by atoms with van der Waals surface area (Å²) in [5, 5.41) is 0. The second kappa shape index (κ2) is 5.69. The van der Waals surface area contributed by atoms with Crippen LogP contribution in [-0.4, -0.2) is 11.3 Å². The summed E-state index contributed by atoms with van der Waals surface area (Å²) in [6.45, 7) is 1.98. The van der Waals surface area contributed by atoms with Crippen molar-refractivity contribution in [1.29, 1.82) is 0 Å². The van der Waals surface area contributed by atoms with E-state index in [1.807, 2.05) is 55.5 Å². The smallest absolute Gasteiger partial charge is 0.150 e. The van der Waals surface area contributed by atoms with Crippen LogP contribution in [0.1, 0.15) is 5.56 Å². The van der Waals surface area contributed by atoms with Gasteiger partial charge in [0.2, 0.25) is 0 Å². The van der Waals surface area contributed by atoms with Crippen molar-refractivity contribution in [3.05, 3.63) is 54.1 Å². The lowest BCUT2D eigenvalue weighted by atomic mass is 10.2. The van der Waals surface area contributed by atoms with Crippen LogP contribution in [0.3, 0.4) is 0 Å². The molecule has 94 valence electrons. The highest BCUT2D eigenvalue weighted by atomic mass is 32.2. The molecular formula is C14H15NO2S. The summed E-state index contributed by atoms with van der Waals surface area (Å²) in [6, 6.07) is 15.0. The second-order valence-corrected chi connectivity index (χ2v) is 5.13. The van der Waals surface area contributed by atoms with Crippen LogP contribution in [0.4, 0.5) is 5.69 Å². The molecular weight excluding hydrogens is 246 g/mol. The fourth-order valence-corrected chi connectivity index (χ4v) is 2.52. The summed E-state index contributed by atoms with van der Waals surface area (Å²) in [7, 11) is 0.374. The van der Waals surface area contributed by atoms with Crippen molar-refractivity contribution < 1.29 is 8.95 Å². The molecule has 0 bridgehead atoms. The van der Waals surface area contributed by atoms with Crippen molar-refractivity contribution in [2.24, 2.45) is 0 Å². The number of hydrogen-bond acceptors (Lipinski definition) is 2. The molecule has 2 rings (SSSR count). The Labute approximate surface area is 109 Å². The molecule has 0 heterocycles. The molecule has 0 radical (unpaired) electrons. The maximum Gasteiger partial charge on any atom is 0.150 e. The molecule has 1 atom stereocenters. The molecule has 4 heteroatoms. The van der Waals surface area contributed by atoms with Crippen LogP contribution < -0.4 is 9.46 Å². The van der Waals surface area contributed by atoms with Gasteiger partial charge < -0.3 is 9.46 Å². The number of methoxy groups -OCH3 is 1. The van der Waals surface area contributed by atoms with Crippen molar-refractivity contribution in [2.75, 3.05) is 11.8 Å². The zero-order valence-electron chi connectivity index (χ0n) is 10.3. The zero-order valence-corrected chi connectivity index (χ0v) is 11.2. The zero-order chi connectivity index (χ0) is 13.0. The monoisotopic (exact) mass is 261 g/mol. The molecule has 0 aliphatic carbocycles. The van der Waals surface area contributed by atoms with Gasteiger partial charge in [-0.2, -0.15) is 0 Å². The lowest BCUT2D eigenvalue weighted by molar-refractivity contribution is 0.415. The Hall–Kier alpha value is -1.81. The minimum absolute atomic E-state index is 0.769. The Balaban J connectivity index is 2.11. The standard InChI is InChI=1S/C14H15NO2S/c1-11-4-3-5-14(10-11)18(16)15-12-6-8-13(17-2)9-7-12/h3-10,15H,1-2H3. The number of benzene rings is 2. The van der Waals surface area contributed by atoms with E-state index in [2.05, 4.69) is 4.72 Å². The average molecular weight is 261 g/mol. The number of rotatable bonds is 4. The van der Waals surface area contributed by atoms with Crippen LogP contribution in [0.25, 0.3) is 0 Å². The van der Waals surface area contributed by atoms with Crippen LogP contribution in [-0.2, 0) is 11.0 Å². The number of nitrogens with one attached hydrogen (secondary N) is 1. The van der Waals surface area contributed by atoms with Gasteiger partial charge in [0.1, 0.15) is 16.7 Å². The largest absolute Gasteiger partial charge is 0.497 e. The van der Waals surface area contributed by atoms with Crippen LogP contribution in [0, 0.1) is 6.92 Å².